The number of carbonyl (C=O) groups is 1. The Morgan fingerprint density at radius 2 is 2.12 bits per heavy atom. The first-order chi connectivity index (χ1) is 8.09. The van der Waals surface area contributed by atoms with Gasteiger partial charge in [0.05, 0.1) is 19.8 Å². The lowest BCUT2D eigenvalue weighted by molar-refractivity contribution is -0.0208. The minimum atomic E-state index is -0.527. The minimum Gasteiger partial charge on any atom is -0.439 e. The highest BCUT2D eigenvalue weighted by Crippen LogP contribution is 2.21. The van der Waals surface area contributed by atoms with Gasteiger partial charge in [0, 0.05) is 7.05 Å². The van der Waals surface area contributed by atoms with Gasteiger partial charge in [-0.25, -0.2) is 4.79 Å². The summed E-state index contributed by atoms with van der Waals surface area (Å²) >= 11 is 0. The summed E-state index contributed by atoms with van der Waals surface area (Å²) in [6.45, 7) is 3.41. The third-order valence-electron chi connectivity index (χ3n) is 2.74. The molecule has 0 bridgehead atoms. The SMILES string of the molecule is CN1CC(C)(COCc2ccccc2)OC1=O. The molecule has 1 unspecified atom stereocenters. The molecule has 1 amide bonds. The van der Waals surface area contributed by atoms with Crippen molar-refractivity contribution in [3.8, 4) is 0 Å². The quantitative estimate of drug-likeness (QED) is 0.801. The van der Waals surface area contributed by atoms with E-state index in [-0.39, 0.29) is 6.09 Å². The number of nitrogens with zero attached hydrogens (tertiary/aromatic N) is 1. The summed E-state index contributed by atoms with van der Waals surface area (Å²) in [4.78, 5) is 12.8. The summed E-state index contributed by atoms with van der Waals surface area (Å²) in [5.74, 6) is 0. The van der Waals surface area contributed by atoms with E-state index in [1.165, 1.54) is 0 Å². The van der Waals surface area contributed by atoms with Gasteiger partial charge in [-0.1, -0.05) is 30.3 Å². The van der Waals surface area contributed by atoms with Gasteiger partial charge in [0.2, 0.25) is 0 Å². The molecule has 4 heteroatoms. The summed E-state index contributed by atoms with van der Waals surface area (Å²) in [5.41, 5.74) is 0.592. The molecular formula is C13H17NO3. The number of rotatable bonds is 4. The number of benzene rings is 1. The molecule has 17 heavy (non-hydrogen) atoms. The first kappa shape index (κ1) is 11.9. The third-order valence-corrected chi connectivity index (χ3v) is 2.74. The topological polar surface area (TPSA) is 38.8 Å². The van der Waals surface area contributed by atoms with Crippen LogP contribution in [0.1, 0.15) is 12.5 Å². The van der Waals surface area contributed by atoms with Gasteiger partial charge in [-0.05, 0) is 12.5 Å². The van der Waals surface area contributed by atoms with E-state index in [1.54, 1.807) is 11.9 Å². The van der Waals surface area contributed by atoms with Crippen LogP contribution in [-0.2, 0) is 16.1 Å². The van der Waals surface area contributed by atoms with Crippen LogP contribution in [-0.4, -0.2) is 36.8 Å². The van der Waals surface area contributed by atoms with Crippen LogP contribution in [0.25, 0.3) is 0 Å². The molecule has 2 rings (SSSR count). The van der Waals surface area contributed by atoms with Crippen LogP contribution in [0.2, 0.25) is 0 Å². The Kier molecular flexibility index (Phi) is 3.33. The highest BCUT2D eigenvalue weighted by Gasteiger charge is 2.39. The van der Waals surface area contributed by atoms with E-state index in [4.69, 9.17) is 9.47 Å². The molecule has 0 aromatic heterocycles. The lowest BCUT2D eigenvalue weighted by Gasteiger charge is -2.21. The average molecular weight is 235 g/mol. The number of ether oxygens (including phenoxy) is 2. The molecule has 1 aromatic carbocycles. The van der Waals surface area contributed by atoms with Gasteiger partial charge in [0.25, 0.3) is 0 Å². The fourth-order valence-electron chi connectivity index (χ4n) is 1.92. The Hall–Kier alpha value is -1.55. The largest absolute Gasteiger partial charge is 0.439 e. The zero-order valence-electron chi connectivity index (χ0n) is 10.2. The third kappa shape index (κ3) is 2.97. The molecule has 1 fully saturated rings. The van der Waals surface area contributed by atoms with E-state index >= 15 is 0 Å². The zero-order valence-corrected chi connectivity index (χ0v) is 10.2. The summed E-state index contributed by atoms with van der Waals surface area (Å²) in [7, 11) is 1.73. The molecule has 0 N–H and O–H groups in total. The summed E-state index contributed by atoms with van der Waals surface area (Å²) in [6, 6.07) is 9.94. The van der Waals surface area contributed by atoms with Crippen molar-refractivity contribution in [3.05, 3.63) is 35.9 Å². The second-order valence-corrected chi connectivity index (χ2v) is 4.65. The van der Waals surface area contributed by atoms with Crippen LogP contribution in [0.15, 0.2) is 30.3 Å². The number of amides is 1. The molecule has 0 spiro atoms. The predicted octanol–water partition coefficient (Wildman–Crippen LogP) is 2.04. The van der Waals surface area contributed by atoms with Crippen molar-refractivity contribution < 1.29 is 14.3 Å². The smallest absolute Gasteiger partial charge is 0.410 e. The van der Waals surface area contributed by atoms with Crippen molar-refractivity contribution in [2.45, 2.75) is 19.1 Å². The maximum absolute atomic E-state index is 11.3. The molecule has 1 aromatic rings. The number of likely N-dealkylation sites (N-methyl/N-ethyl adjacent to an activating group) is 1. The van der Waals surface area contributed by atoms with Crippen LogP contribution < -0.4 is 0 Å². The Morgan fingerprint density at radius 3 is 2.71 bits per heavy atom. The minimum absolute atomic E-state index is 0.282. The normalized spacial score (nSPS) is 23.9. The number of carbonyl (C=O) groups excluding carboxylic acids is 1. The summed E-state index contributed by atoms with van der Waals surface area (Å²) < 4.78 is 10.9. The predicted molar refractivity (Wildman–Crippen MR) is 63.6 cm³/mol. The first-order valence-electron chi connectivity index (χ1n) is 5.65. The highest BCUT2D eigenvalue weighted by atomic mass is 16.6. The van der Waals surface area contributed by atoms with Crippen LogP contribution in [0.5, 0.6) is 0 Å². The standard InChI is InChI=1S/C13H17NO3/c1-13(9-14(2)12(15)17-13)10-16-8-11-6-4-3-5-7-11/h3-7H,8-10H2,1-2H3. The average Bonchev–Trinajstić information content (AvgIpc) is 2.54. The van der Waals surface area contributed by atoms with Gasteiger partial charge >= 0.3 is 6.09 Å². The van der Waals surface area contributed by atoms with Crippen molar-refractivity contribution in [1.29, 1.82) is 0 Å². The Bertz CT molecular complexity index is 393. The van der Waals surface area contributed by atoms with Gasteiger partial charge in [-0.15, -0.1) is 0 Å². The molecule has 1 aliphatic heterocycles. The summed E-state index contributed by atoms with van der Waals surface area (Å²) in [5, 5.41) is 0. The Morgan fingerprint density at radius 1 is 1.41 bits per heavy atom. The maximum Gasteiger partial charge on any atom is 0.410 e. The van der Waals surface area contributed by atoms with Crippen molar-refractivity contribution in [1.82, 2.24) is 4.90 Å². The molecule has 1 aliphatic rings. The van der Waals surface area contributed by atoms with E-state index in [0.717, 1.165) is 5.56 Å². The number of hydrogen-bond acceptors (Lipinski definition) is 3. The van der Waals surface area contributed by atoms with Crippen LogP contribution in [0.4, 0.5) is 4.79 Å². The second kappa shape index (κ2) is 4.75. The monoisotopic (exact) mass is 235 g/mol. The summed E-state index contributed by atoms with van der Waals surface area (Å²) in [6.07, 6.45) is -0.282. The fraction of sp³-hybridized carbons (Fsp3) is 0.462. The van der Waals surface area contributed by atoms with Crippen molar-refractivity contribution in [2.75, 3.05) is 20.2 Å². The highest BCUT2D eigenvalue weighted by molar-refractivity contribution is 5.70. The maximum atomic E-state index is 11.3. The molecular weight excluding hydrogens is 218 g/mol. The van der Waals surface area contributed by atoms with Crippen LogP contribution in [0.3, 0.4) is 0 Å². The number of cyclic esters (lactones) is 1. The lowest BCUT2D eigenvalue weighted by atomic mass is 10.1. The second-order valence-electron chi connectivity index (χ2n) is 4.65. The molecule has 92 valence electrons. The Labute approximate surface area is 101 Å². The van der Waals surface area contributed by atoms with Crippen molar-refractivity contribution in [2.24, 2.45) is 0 Å². The van der Waals surface area contributed by atoms with E-state index in [2.05, 4.69) is 0 Å². The van der Waals surface area contributed by atoms with Crippen LogP contribution >= 0.6 is 0 Å². The molecule has 1 saturated heterocycles. The van der Waals surface area contributed by atoms with Gasteiger partial charge in [0.1, 0.15) is 0 Å². The Balaban J connectivity index is 1.81. The fourth-order valence-corrected chi connectivity index (χ4v) is 1.92. The number of hydrogen-bond donors (Lipinski definition) is 0. The molecule has 1 heterocycles. The van der Waals surface area contributed by atoms with Crippen LogP contribution in [0, 0.1) is 0 Å². The van der Waals surface area contributed by atoms with Gasteiger partial charge < -0.3 is 14.4 Å². The van der Waals surface area contributed by atoms with Gasteiger partial charge in [-0.3, -0.25) is 0 Å². The molecule has 0 aliphatic carbocycles. The molecule has 0 radical (unpaired) electrons. The molecule has 4 nitrogen and oxygen atoms in total. The molecule has 0 saturated carbocycles. The zero-order chi connectivity index (χ0) is 12.3. The van der Waals surface area contributed by atoms with E-state index in [0.29, 0.717) is 19.8 Å². The van der Waals surface area contributed by atoms with Crippen molar-refractivity contribution >= 4 is 6.09 Å². The van der Waals surface area contributed by atoms with Gasteiger partial charge in [0.15, 0.2) is 5.60 Å². The lowest BCUT2D eigenvalue weighted by Crippen LogP contribution is -2.35. The van der Waals surface area contributed by atoms with Gasteiger partial charge in [-0.2, -0.15) is 0 Å². The van der Waals surface area contributed by atoms with Crippen molar-refractivity contribution in [3.63, 3.8) is 0 Å². The molecule has 1 atom stereocenters. The first-order valence-corrected chi connectivity index (χ1v) is 5.65. The van der Waals surface area contributed by atoms with E-state index in [1.807, 2.05) is 37.3 Å². The van der Waals surface area contributed by atoms with E-state index < -0.39 is 5.60 Å². The van der Waals surface area contributed by atoms with E-state index in [9.17, 15) is 4.79 Å².